The van der Waals surface area contributed by atoms with Crippen molar-refractivity contribution in [2.75, 3.05) is 5.32 Å². The van der Waals surface area contributed by atoms with Gasteiger partial charge in [0.1, 0.15) is 11.1 Å². The van der Waals surface area contributed by atoms with Crippen molar-refractivity contribution in [2.45, 2.75) is 40.0 Å². The summed E-state index contributed by atoms with van der Waals surface area (Å²) >= 11 is 1.57. The molecule has 26 heavy (non-hydrogen) atoms. The van der Waals surface area contributed by atoms with Crippen LogP contribution in [0.2, 0.25) is 0 Å². The van der Waals surface area contributed by atoms with E-state index in [2.05, 4.69) is 32.2 Å². The molecule has 134 valence electrons. The molecule has 0 radical (unpaired) electrons. The van der Waals surface area contributed by atoms with Crippen LogP contribution < -0.4 is 5.32 Å². The number of nitrogens with zero attached hydrogens (tertiary/aromatic N) is 1. The summed E-state index contributed by atoms with van der Waals surface area (Å²) in [6, 6.07) is 12.0. The average molecular weight is 365 g/mol. The second kappa shape index (κ2) is 7.47. The van der Waals surface area contributed by atoms with Crippen LogP contribution in [0.25, 0.3) is 6.08 Å². The van der Waals surface area contributed by atoms with Crippen molar-refractivity contribution in [1.82, 2.24) is 0 Å². The first-order valence-corrected chi connectivity index (χ1v) is 9.79. The number of nitriles is 1. The minimum Gasteiger partial charge on any atom is -0.313 e. The highest BCUT2D eigenvalue weighted by Crippen LogP contribution is 2.43. The molecule has 0 fully saturated rings. The van der Waals surface area contributed by atoms with E-state index in [1.165, 1.54) is 11.0 Å². The Labute approximate surface area is 159 Å². The lowest BCUT2D eigenvalue weighted by Gasteiger charge is -2.33. The minimum atomic E-state index is -0.198. The number of hydrogen-bond acceptors (Lipinski definition) is 3. The van der Waals surface area contributed by atoms with E-state index in [1.807, 2.05) is 30.3 Å². The van der Waals surface area contributed by atoms with Crippen molar-refractivity contribution >= 4 is 28.3 Å². The minimum absolute atomic E-state index is 0.198. The Morgan fingerprint density at radius 2 is 2.04 bits per heavy atom. The Morgan fingerprint density at radius 1 is 1.31 bits per heavy atom. The highest BCUT2D eigenvalue weighted by atomic mass is 32.1. The topological polar surface area (TPSA) is 52.9 Å². The molecule has 0 saturated carbocycles. The van der Waals surface area contributed by atoms with E-state index in [4.69, 9.17) is 0 Å². The zero-order valence-corrected chi connectivity index (χ0v) is 16.3. The SMILES string of the molecule is CC(C)(C)[C@H]1CCc2c(sc(NC(=O)/C=C\c3ccccc3)c2C#N)C1. The molecule has 4 heteroatoms. The van der Waals surface area contributed by atoms with Gasteiger partial charge in [-0.1, -0.05) is 51.1 Å². The number of carbonyl (C=O) groups is 1. The fourth-order valence-electron chi connectivity index (χ4n) is 3.42. The van der Waals surface area contributed by atoms with Crippen LogP contribution in [0, 0.1) is 22.7 Å². The van der Waals surface area contributed by atoms with Crippen LogP contribution in [0.5, 0.6) is 0 Å². The van der Waals surface area contributed by atoms with Crippen LogP contribution in [-0.2, 0) is 17.6 Å². The molecule has 1 aliphatic rings. The van der Waals surface area contributed by atoms with E-state index in [0.717, 1.165) is 30.4 Å². The quantitative estimate of drug-likeness (QED) is 0.739. The molecule has 0 saturated heterocycles. The van der Waals surface area contributed by atoms with Crippen LogP contribution in [0.15, 0.2) is 36.4 Å². The Morgan fingerprint density at radius 3 is 2.69 bits per heavy atom. The van der Waals surface area contributed by atoms with Crippen LogP contribution in [0.1, 0.15) is 48.8 Å². The van der Waals surface area contributed by atoms with Crippen molar-refractivity contribution in [2.24, 2.45) is 11.3 Å². The third kappa shape index (κ3) is 4.05. The van der Waals surface area contributed by atoms with Crippen molar-refractivity contribution in [3.05, 3.63) is 58.0 Å². The number of hydrogen-bond donors (Lipinski definition) is 1. The highest BCUT2D eigenvalue weighted by Gasteiger charge is 2.32. The lowest BCUT2D eigenvalue weighted by Crippen LogP contribution is -2.26. The number of fused-ring (bicyclic) bond motifs is 1. The van der Waals surface area contributed by atoms with Gasteiger partial charge in [-0.05, 0) is 47.8 Å². The smallest absolute Gasteiger partial charge is 0.249 e. The lowest BCUT2D eigenvalue weighted by molar-refractivity contribution is -0.111. The maximum atomic E-state index is 12.3. The number of anilines is 1. The van der Waals surface area contributed by atoms with E-state index in [0.29, 0.717) is 16.5 Å². The molecule has 0 bridgehead atoms. The molecule has 2 aromatic rings. The third-order valence-corrected chi connectivity index (χ3v) is 6.24. The normalized spacial score (nSPS) is 16.9. The predicted molar refractivity (Wildman–Crippen MR) is 108 cm³/mol. The summed E-state index contributed by atoms with van der Waals surface area (Å²) < 4.78 is 0. The summed E-state index contributed by atoms with van der Waals surface area (Å²) in [5, 5.41) is 13.2. The molecule has 1 aromatic carbocycles. The van der Waals surface area contributed by atoms with Crippen LogP contribution in [-0.4, -0.2) is 5.91 Å². The summed E-state index contributed by atoms with van der Waals surface area (Å²) in [7, 11) is 0. The average Bonchev–Trinajstić information content (AvgIpc) is 2.96. The van der Waals surface area contributed by atoms with E-state index < -0.39 is 0 Å². The predicted octanol–water partition coefficient (Wildman–Crippen LogP) is 5.42. The maximum absolute atomic E-state index is 12.3. The number of carbonyl (C=O) groups excluding carboxylic acids is 1. The largest absolute Gasteiger partial charge is 0.313 e. The Balaban J connectivity index is 1.77. The molecule has 3 rings (SSSR count). The van der Waals surface area contributed by atoms with Crippen molar-refractivity contribution < 1.29 is 4.79 Å². The summed E-state index contributed by atoms with van der Waals surface area (Å²) in [6.07, 6.45) is 6.32. The van der Waals surface area contributed by atoms with Crippen molar-refractivity contribution in [3.63, 3.8) is 0 Å². The van der Waals surface area contributed by atoms with E-state index in [9.17, 15) is 10.1 Å². The van der Waals surface area contributed by atoms with Crippen LogP contribution in [0.3, 0.4) is 0 Å². The first-order chi connectivity index (χ1) is 12.4. The van der Waals surface area contributed by atoms with Gasteiger partial charge >= 0.3 is 0 Å². The molecule has 1 aliphatic carbocycles. The maximum Gasteiger partial charge on any atom is 0.249 e. The highest BCUT2D eigenvalue weighted by molar-refractivity contribution is 7.16. The molecule has 1 N–H and O–H groups in total. The second-order valence-corrected chi connectivity index (χ2v) is 8.96. The Hall–Kier alpha value is -2.38. The van der Waals surface area contributed by atoms with Gasteiger partial charge in [-0.3, -0.25) is 4.79 Å². The zero-order chi connectivity index (χ0) is 18.7. The number of nitrogens with one attached hydrogen (secondary N) is 1. The van der Waals surface area contributed by atoms with Gasteiger partial charge in [0.05, 0.1) is 5.56 Å². The summed E-state index contributed by atoms with van der Waals surface area (Å²) in [4.78, 5) is 13.5. The number of benzene rings is 1. The van der Waals surface area contributed by atoms with Crippen molar-refractivity contribution in [1.29, 1.82) is 5.26 Å². The number of rotatable bonds is 3. The first kappa shape index (κ1) is 18.4. The Bertz CT molecular complexity index is 866. The molecule has 0 spiro atoms. The number of thiophene rings is 1. The van der Waals surface area contributed by atoms with Gasteiger partial charge < -0.3 is 5.32 Å². The molecule has 0 unspecified atom stereocenters. The summed E-state index contributed by atoms with van der Waals surface area (Å²) in [6.45, 7) is 6.83. The van der Waals surface area contributed by atoms with E-state index >= 15 is 0 Å². The van der Waals surface area contributed by atoms with Gasteiger partial charge in [0.25, 0.3) is 0 Å². The number of amides is 1. The van der Waals surface area contributed by atoms with Crippen molar-refractivity contribution in [3.8, 4) is 6.07 Å². The molecular formula is C22H24N2OS. The molecule has 1 atom stereocenters. The van der Waals surface area contributed by atoms with Gasteiger partial charge in [-0.15, -0.1) is 11.3 Å². The fourth-order valence-corrected chi connectivity index (χ4v) is 4.70. The zero-order valence-electron chi connectivity index (χ0n) is 15.5. The molecule has 1 amide bonds. The third-order valence-electron chi connectivity index (χ3n) is 5.07. The molecule has 1 heterocycles. The fraction of sp³-hybridized carbons (Fsp3) is 0.364. The van der Waals surface area contributed by atoms with Gasteiger partial charge in [-0.25, -0.2) is 0 Å². The van der Waals surface area contributed by atoms with Crippen LogP contribution in [0.4, 0.5) is 5.00 Å². The first-order valence-electron chi connectivity index (χ1n) is 8.97. The Kier molecular flexibility index (Phi) is 5.29. The lowest BCUT2D eigenvalue weighted by atomic mass is 9.72. The molecule has 3 nitrogen and oxygen atoms in total. The molecule has 1 aromatic heterocycles. The molecule has 0 aliphatic heterocycles. The van der Waals surface area contributed by atoms with Gasteiger partial charge in [-0.2, -0.15) is 5.26 Å². The summed E-state index contributed by atoms with van der Waals surface area (Å²) in [5.74, 6) is 0.415. The van der Waals surface area contributed by atoms with Gasteiger partial charge in [0.15, 0.2) is 0 Å². The monoisotopic (exact) mass is 364 g/mol. The van der Waals surface area contributed by atoms with Gasteiger partial charge in [0.2, 0.25) is 5.91 Å². The standard InChI is InChI=1S/C22H24N2OS/c1-22(2,3)16-10-11-17-18(14-23)21(26-19(17)13-16)24-20(25)12-9-15-7-5-4-6-8-15/h4-9,12,16H,10-11,13H2,1-3H3,(H,24,25)/b12-9-/t16-/m0/s1. The summed E-state index contributed by atoms with van der Waals surface area (Å²) in [5.41, 5.74) is 3.02. The second-order valence-electron chi connectivity index (χ2n) is 7.86. The van der Waals surface area contributed by atoms with E-state index in [-0.39, 0.29) is 11.3 Å². The van der Waals surface area contributed by atoms with Gasteiger partial charge in [0, 0.05) is 11.0 Å². The van der Waals surface area contributed by atoms with Crippen LogP contribution >= 0.6 is 11.3 Å². The molecular weight excluding hydrogens is 340 g/mol. The van der Waals surface area contributed by atoms with E-state index in [1.54, 1.807) is 17.4 Å².